The van der Waals surface area contributed by atoms with Crippen molar-refractivity contribution in [1.82, 2.24) is 5.43 Å². The Labute approximate surface area is 190 Å². The van der Waals surface area contributed by atoms with Crippen LogP contribution in [0.15, 0.2) is 58.1 Å². The normalized spacial score (nSPS) is 12.0. The maximum absolute atomic E-state index is 12.7. The molecule has 6 nitrogen and oxygen atoms in total. The Morgan fingerprint density at radius 2 is 1.77 bits per heavy atom. The molecule has 31 heavy (non-hydrogen) atoms. The predicted octanol–water partition coefficient (Wildman–Crippen LogP) is 5.56. The first-order chi connectivity index (χ1) is 15.0. The summed E-state index contributed by atoms with van der Waals surface area (Å²) >= 11 is 3.53. The number of nitrogens with zero attached hydrogens (tertiary/aromatic N) is 1. The van der Waals surface area contributed by atoms with Crippen LogP contribution in [0.25, 0.3) is 10.8 Å². The smallest absolute Gasteiger partial charge is 0.275 e. The second-order valence-electron chi connectivity index (χ2n) is 6.97. The van der Waals surface area contributed by atoms with Crippen LogP contribution < -0.4 is 19.6 Å². The van der Waals surface area contributed by atoms with Crippen LogP contribution in [0.2, 0.25) is 0 Å². The first kappa shape index (κ1) is 22.6. The van der Waals surface area contributed by atoms with Crippen molar-refractivity contribution in [3.63, 3.8) is 0 Å². The molecule has 0 aliphatic rings. The van der Waals surface area contributed by atoms with Gasteiger partial charge in [0.15, 0.2) is 11.5 Å². The second kappa shape index (κ2) is 10.3. The van der Waals surface area contributed by atoms with Crippen molar-refractivity contribution in [3.05, 3.63) is 64.1 Å². The number of fused-ring (bicyclic) bond motifs is 1. The quantitative estimate of drug-likeness (QED) is 0.335. The van der Waals surface area contributed by atoms with Crippen molar-refractivity contribution in [2.75, 3.05) is 14.2 Å². The molecule has 0 spiro atoms. The van der Waals surface area contributed by atoms with Crippen LogP contribution in [0.3, 0.4) is 0 Å². The summed E-state index contributed by atoms with van der Waals surface area (Å²) in [6.07, 6.45) is 2.48. The highest BCUT2D eigenvalue weighted by Gasteiger charge is 2.15. The highest BCUT2D eigenvalue weighted by atomic mass is 79.9. The number of hydrogen-bond donors (Lipinski definition) is 1. The number of hydrazone groups is 1. The Balaban J connectivity index is 1.79. The van der Waals surface area contributed by atoms with Gasteiger partial charge in [0.05, 0.1) is 36.6 Å². The molecule has 0 saturated heterocycles. The van der Waals surface area contributed by atoms with Crippen LogP contribution in [0.4, 0.5) is 0 Å². The van der Waals surface area contributed by atoms with Gasteiger partial charge in [0.1, 0.15) is 5.75 Å². The summed E-state index contributed by atoms with van der Waals surface area (Å²) in [6.45, 7) is 4.05. The summed E-state index contributed by atoms with van der Waals surface area (Å²) in [5, 5.41) is 6.04. The van der Waals surface area contributed by atoms with Crippen LogP contribution >= 0.6 is 15.9 Å². The van der Waals surface area contributed by atoms with E-state index in [1.165, 1.54) is 7.11 Å². The number of methoxy groups -OCH3 is 2. The number of nitrogens with one attached hydrogen (secondary N) is 1. The van der Waals surface area contributed by atoms with Gasteiger partial charge in [-0.1, -0.05) is 31.2 Å². The lowest BCUT2D eigenvalue weighted by Crippen LogP contribution is -2.18. The molecular formula is C24H25BrN2O4. The molecule has 0 bridgehead atoms. The highest BCUT2D eigenvalue weighted by Crippen LogP contribution is 2.37. The first-order valence-corrected chi connectivity index (χ1v) is 10.7. The molecule has 0 aliphatic carbocycles. The van der Waals surface area contributed by atoms with E-state index in [2.05, 4.69) is 33.4 Å². The Bertz CT molecular complexity index is 1110. The van der Waals surface area contributed by atoms with Gasteiger partial charge in [0.25, 0.3) is 5.91 Å². The number of rotatable bonds is 8. The van der Waals surface area contributed by atoms with Crippen molar-refractivity contribution in [3.8, 4) is 17.2 Å². The molecule has 0 saturated carbocycles. The van der Waals surface area contributed by atoms with Gasteiger partial charge in [-0.25, -0.2) is 5.43 Å². The molecule has 0 aliphatic heterocycles. The number of hydrogen-bond acceptors (Lipinski definition) is 5. The lowest BCUT2D eigenvalue weighted by molar-refractivity contribution is 0.0952. The number of carbonyl (C=O) groups excluding carboxylic acids is 1. The fourth-order valence-corrected chi connectivity index (χ4v) is 3.56. The summed E-state index contributed by atoms with van der Waals surface area (Å²) in [5.41, 5.74) is 3.72. The van der Waals surface area contributed by atoms with Gasteiger partial charge < -0.3 is 14.2 Å². The third kappa shape index (κ3) is 5.35. The van der Waals surface area contributed by atoms with Crippen LogP contribution in [0.5, 0.6) is 17.2 Å². The maximum atomic E-state index is 12.7. The van der Waals surface area contributed by atoms with E-state index >= 15 is 0 Å². The van der Waals surface area contributed by atoms with Crippen LogP contribution in [0.1, 0.15) is 36.2 Å². The zero-order chi connectivity index (χ0) is 22.4. The number of carbonyl (C=O) groups is 1. The molecular weight excluding hydrogens is 460 g/mol. The zero-order valence-electron chi connectivity index (χ0n) is 17.9. The van der Waals surface area contributed by atoms with Crippen molar-refractivity contribution in [2.24, 2.45) is 5.10 Å². The Morgan fingerprint density at radius 3 is 2.42 bits per heavy atom. The Morgan fingerprint density at radius 1 is 1.10 bits per heavy atom. The number of benzene rings is 3. The fourth-order valence-electron chi connectivity index (χ4n) is 3.00. The minimum Gasteiger partial charge on any atom is -0.496 e. The van der Waals surface area contributed by atoms with E-state index in [0.717, 1.165) is 27.2 Å². The fraction of sp³-hybridized carbons (Fsp3) is 0.250. The van der Waals surface area contributed by atoms with E-state index in [1.807, 2.05) is 43.3 Å². The van der Waals surface area contributed by atoms with Gasteiger partial charge in [-0.3, -0.25) is 4.79 Å². The molecule has 0 aromatic heterocycles. The third-order valence-corrected chi connectivity index (χ3v) is 5.43. The summed E-state index contributed by atoms with van der Waals surface area (Å²) < 4.78 is 17.5. The average molecular weight is 485 g/mol. The number of amides is 1. The summed E-state index contributed by atoms with van der Waals surface area (Å²) in [5.74, 6) is 1.35. The molecule has 1 N–H and O–H groups in total. The largest absolute Gasteiger partial charge is 0.496 e. The molecule has 3 aromatic carbocycles. The molecule has 3 rings (SSSR count). The predicted molar refractivity (Wildman–Crippen MR) is 127 cm³/mol. The van der Waals surface area contributed by atoms with Gasteiger partial charge in [0.2, 0.25) is 0 Å². The lowest BCUT2D eigenvalue weighted by atomic mass is 10.1. The number of ether oxygens (including phenoxy) is 3. The standard InChI is InChI=1S/C24H25BrN2O4/c1-5-15(2)31-23-20(25)10-16(11-22(23)30-4)14-26-27-24(28)19-12-17-8-6-7-9-18(17)13-21(19)29-3/h6-15H,5H2,1-4H3,(H,27,28)/b26-14-/t15-/m0/s1. The molecule has 3 aromatic rings. The summed E-state index contributed by atoms with van der Waals surface area (Å²) in [6, 6.07) is 15.1. The van der Waals surface area contributed by atoms with E-state index in [9.17, 15) is 4.79 Å². The SMILES string of the molecule is CC[C@H](C)Oc1c(Br)cc(/C=N\NC(=O)c2cc3ccccc3cc2OC)cc1OC. The van der Waals surface area contributed by atoms with E-state index in [1.54, 1.807) is 25.5 Å². The summed E-state index contributed by atoms with van der Waals surface area (Å²) in [4.78, 5) is 12.7. The van der Waals surface area contributed by atoms with Gasteiger partial charge in [-0.15, -0.1) is 0 Å². The Kier molecular flexibility index (Phi) is 7.52. The molecule has 162 valence electrons. The third-order valence-electron chi connectivity index (χ3n) is 4.84. The van der Waals surface area contributed by atoms with E-state index in [-0.39, 0.29) is 12.0 Å². The topological polar surface area (TPSA) is 69.2 Å². The van der Waals surface area contributed by atoms with Gasteiger partial charge in [-0.2, -0.15) is 5.10 Å². The molecule has 0 unspecified atom stereocenters. The van der Waals surface area contributed by atoms with Gasteiger partial charge >= 0.3 is 0 Å². The van der Waals surface area contributed by atoms with Crippen molar-refractivity contribution < 1.29 is 19.0 Å². The second-order valence-corrected chi connectivity index (χ2v) is 7.82. The molecule has 1 atom stereocenters. The molecule has 0 heterocycles. The highest BCUT2D eigenvalue weighted by molar-refractivity contribution is 9.10. The lowest BCUT2D eigenvalue weighted by Gasteiger charge is -2.17. The van der Waals surface area contributed by atoms with Crippen molar-refractivity contribution in [2.45, 2.75) is 26.4 Å². The average Bonchev–Trinajstić information content (AvgIpc) is 2.79. The number of halogens is 1. The van der Waals surface area contributed by atoms with E-state index < -0.39 is 0 Å². The minimum atomic E-state index is -0.360. The van der Waals surface area contributed by atoms with Crippen LogP contribution in [-0.4, -0.2) is 32.4 Å². The van der Waals surface area contributed by atoms with E-state index in [0.29, 0.717) is 22.8 Å². The molecule has 7 heteroatoms. The Hall–Kier alpha value is -3.06. The van der Waals surface area contributed by atoms with Crippen molar-refractivity contribution in [1.29, 1.82) is 0 Å². The van der Waals surface area contributed by atoms with E-state index in [4.69, 9.17) is 14.2 Å². The molecule has 0 fully saturated rings. The van der Waals surface area contributed by atoms with Crippen LogP contribution in [0, 0.1) is 0 Å². The maximum Gasteiger partial charge on any atom is 0.275 e. The van der Waals surface area contributed by atoms with Crippen LogP contribution in [-0.2, 0) is 0 Å². The van der Waals surface area contributed by atoms with Gasteiger partial charge in [-0.05, 0) is 69.9 Å². The monoisotopic (exact) mass is 484 g/mol. The first-order valence-electron chi connectivity index (χ1n) is 9.91. The molecule has 1 amide bonds. The summed E-state index contributed by atoms with van der Waals surface area (Å²) in [7, 11) is 3.12. The molecule has 0 radical (unpaired) electrons. The van der Waals surface area contributed by atoms with Gasteiger partial charge in [0, 0.05) is 0 Å². The minimum absolute atomic E-state index is 0.0564. The zero-order valence-corrected chi connectivity index (χ0v) is 19.5. The van der Waals surface area contributed by atoms with Crippen molar-refractivity contribution >= 4 is 38.8 Å².